The van der Waals surface area contributed by atoms with E-state index in [4.69, 9.17) is 5.73 Å². The number of hydrogen-bond donors (Lipinski definition) is 2. The molecule has 2 aromatic heterocycles. The number of pyridine rings is 1. The number of aromatic nitrogens is 3. The lowest BCUT2D eigenvalue weighted by Gasteiger charge is -2.01. The fourth-order valence-corrected chi connectivity index (χ4v) is 1.29. The van der Waals surface area contributed by atoms with Crippen molar-refractivity contribution >= 4 is 11.5 Å². The van der Waals surface area contributed by atoms with E-state index in [1.807, 2.05) is 0 Å². The van der Waals surface area contributed by atoms with E-state index < -0.39 is 4.92 Å². The number of hydrogen-bond acceptors (Lipinski definition) is 5. The molecule has 0 aromatic carbocycles. The minimum Gasteiger partial charge on any atom is -0.378 e. The van der Waals surface area contributed by atoms with Crippen LogP contribution in [0.1, 0.15) is 0 Å². The second kappa shape index (κ2) is 3.37. The highest BCUT2D eigenvalue weighted by atomic mass is 16.6. The van der Waals surface area contributed by atoms with Gasteiger partial charge in [0.25, 0.3) is 0 Å². The van der Waals surface area contributed by atoms with E-state index in [1.165, 1.54) is 18.5 Å². The lowest BCUT2D eigenvalue weighted by Crippen LogP contribution is -1.99. The Morgan fingerprint density at radius 2 is 2.33 bits per heavy atom. The van der Waals surface area contributed by atoms with Crippen molar-refractivity contribution in [2.45, 2.75) is 0 Å². The second-order valence-electron chi connectivity index (χ2n) is 2.84. The number of nitro groups is 1. The Kier molecular flexibility index (Phi) is 2.05. The van der Waals surface area contributed by atoms with Gasteiger partial charge in [0.15, 0.2) is 0 Å². The first-order valence-corrected chi connectivity index (χ1v) is 4.08. The molecule has 0 aliphatic rings. The molecular formula is C8H7N5O2. The molecule has 76 valence electrons. The van der Waals surface area contributed by atoms with Gasteiger partial charge >= 0.3 is 5.69 Å². The van der Waals surface area contributed by atoms with Crippen molar-refractivity contribution in [2.24, 2.45) is 0 Å². The smallest absolute Gasteiger partial charge is 0.319 e. The predicted molar refractivity (Wildman–Crippen MR) is 52.9 cm³/mol. The van der Waals surface area contributed by atoms with Crippen LogP contribution in [0.15, 0.2) is 24.7 Å². The highest BCUT2D eigenvalue weighted by Crippen LogP contribution is 2.32. The summed E-state index contributed by atoms with van der Waals surface area (Å²) in [6.07, 6.45) is 4.47. The number of rotatable bonds is 2. The van der Waals surface area contributed by atoms with Crippen molar-refractivity contribution < 1.29 is 4.92 Å². The van der Waals surface area contributed by atoms with Gasteiger partial charge in [-0.1, -0.05) is 0 Å². The molecule has 3 N–H and O–H groups in total. The van der Waals surface area contributed by atoms with Gasteiger partial charge in [0, 0.05) is 18.0 Å². The molecule has 7 heteroatoms. The molecule has 0 radical (unpaired) electrons. The van der Waals surface area contributed by atoms with Crippen molar-refractivity contribution in [1.82, 2.24) is 15.2 Å². The van der Waals surface area contributed by atoms with Crippen molar-refractivity contribution in [3.05, 3.63) is 34.8 Å². The average molecular weight is 205 g/mol. The Morgan fingerprint density at radius 3 is 2.93 bits per heavy atom. The summed E-state index contributed by atoms with van der Waals surface area (Å²) in [5, 5.41) is 17.1. The Hall–Kier alpha value is -2.44. The molecule has 0 spiro atoms. The zero-order valence-corrected chi connectivity index (χ0v) is 7.54. The van der Waals surface area contributed by atoms with E-state index in [0.717, 1.165) is 0 Å². The van der Waals surface area contributed by atoms with Crippen LogP contribution in [0.25, 0.3) is 11.1 Å². The number of H-pyrrole nitrogens is 1. The third kappa shape index (κ3) is 1.50. The molecule has 0 saturated carbocycles. The summed E-state index contributed by atoms with van der Waals surface area (Å²) in [7, 11) is 0. The van der Waals surface area contributed by atoms with Gasteiger partial charge < -0.3 is 5.73 Å². The lowest BCUT2D eigenvalue weighted by atomic mass is 10.1. The molecule has 0 fully saturated rings. The van der Waals surface area contributed by atoms with E-state index in [1.54, 1.807) is 6.20 Å². The number of aromatic amines is 1. The molecule has 7 nitrogen and oxygen atoms in total. The summed E-state index contributed by atoms with van der Waals surface area (Å²) in [6.45, 7) is 0. The fourth-order valence-electron chi connectivity index (χ4n) is 1.29. The molecule has 0 amide bonds. The number of nitrogens with zero attached hydrogens (tertiary/aromatic N) is 3. The van der Waals surface area contributed by atoms with Crippen LogP contribution < -0.4 is 5.73 Å². The molecule has 0 bridgehead atoms. The first kappa shape index (κ1) is 9.13. The highest BCUT2D eigenvalue weighted by Gasteiger charge is 2.20. The van der Waals surface area contributed by atoms with Crippen LogP contribution >= 0.6 is 0 Å². The predicted octanol–water partition coefficient (Wildman–Crippen LogP) is 0.962. The summed E-state index contributed by atoms with van der Waals surface area (Å²) >= 11 is 0. The SMILES string of the molecule is Nc1nccc(-c2cn[nH]c2)c1[N+](=O)[O-]. The van der Waals surface area contributed by atoms with Gasteiger partial charge in [-0.3, -0.25) is 15.2 Å². The van der Waals surface area contributed by atoms with E-state index in [9.17, 15) is 10.1 Å². The zero-order chi connectivity index (χ0) is 10.8. The van der Waals surface area contributed by atoms with Crippen LogP contribution in [0.3, 0.4) is 0 Å². The minimum atomic E-state index is -0.551. The monoisotopic (exact) mass is 205 g/mol. The number of anilines is 1. The number of nitrogens with two attached hydrogens (primary N) is 1. The standard InChI is InChI=1S/C8H7N5O2/c9-8-7(13(14)15)6(1-2-10-8)5-3-11-12-4-5/h1-4H,(H2,9,10)(H,11,12). The van der Waals surface area contributed by atoms with Crippen molar-refractivity contribution in [2.75, 3.05) is 5.73 Å². The topological polar surface area (TPSA) is 111 Å². The van der Waals surface area contributed by atoms with Gasteiger partial charge in [-0.2, -0.15) is 5.10 Å². The molecule has 0 atom stereocenters. The third-order valence-electron chi connectivity index (χ3n) is 1.94. The molecular weight excluding hydrogens is 198 g/mol. The van der Waals surface area contributed by atoms with E-state index in [-0.39, 0.29) is 11.5 Å². The van der Waals surface area contributed by atoms with Gasteiger partial charge in [-0.05, 0) is 6.07 Å². The second-order valence-corrected chi connectivity index (χ2v) is 2.84. The normalized spacial score (nSPS) is 10.1. The zero-order valence-electron chi connectivity index (χ0n) is 7.54. The van der Waals surface area contributed by atoms with Crippen LogP contribution in [-0.4, -0.2) is 20.1 Å². The average Bonchev–Trinajstić information content (AvgIpc) is 2.69. The summed E-state index contributed by atoms with van der Waals surface area (Å²) in [6, 6.07) is 1.53. The van der Waals surface area contributed by atoms with Crippen molar-refractivity contribution in [1.29, 1.82) is 0 Å². The van der Waals surface area contributed by atoms with Gasteiger partial charge in [0.1, 0.15) is 0 Å². The largest absolute Gasteiger partial charge is 0.378 e. The maximum absolute atomic E-state index is 10.8. The summed E-state index contributed by atoms with van der Waals surface area (Å²) in [4.78, 5) is 13.9. The van der Waals surface area contributed by atoms with Crippen LogP contribution in [0.5, 0.6) is 0 Å². The molecule has 0 aliphatic heterocycles. The number of nitrogens with one attached hydrogen (secondary N) is 1. The Balaban J connectivity index is 2.66. The molecule has 0 aliphatic carbocycles. The molecule has 15 heavy (non-hydrogen) atoms. The summed E-state index contributed by atoms with van der Waals surface area (Å²) in [5.41, 5.74) is 6.26. The quantitative estimate of drug-likeness (QED) is 0.560. The molecule has 2 aromatic rings. The number of nitrogen functional groups attached to an aromatic ring is 1. The maximum atomic E-state index is 10.8. The van der Waals surface area contributed by atoms with Crippen LogP contribution in [0.4, 0.5) is 11.5 Å². The van der Waals surface area contributed by atoms with E-state index in [0.29, 0.717) is 11.1 Å². The van der Waals surface area contributed by atoms with Crippen molar-refractivity contribution in [3.63, 3.8) is 0 Å². The van der Waals surface area contributed by atoms with Crippen LogP contribution in [0, 0.1) is 10.1 Å². The third-order valence-corrected chi connectivity index (χ3v) is 1.94. The highest BCUT2D eigenvalue weighted by molar-refractivity contribution is 5.78. The van der Waals surface area contributed by atoms with Gasteiger partial charge in [0.2, 0.25) is 5.82 Å². The Morgan fingerprint density at radius 1 is 1.53 bits per heavy atom. The fraction of sp³-hybridized carbons (Fsp3) is 0. The van der Waals surface area contributed by atoms with Gasteiger partial charge in [0.05, 0.1) is 16.7 Å². The first-order valence-electron chi connectivity index (χ1n) is 4.08. The van der Waals surface area contributed by atoms with Crippen LogP contribution in [-0.2, 0) is 0 Å². The molecule has 0 unspecified atom stereocenters. The maximum Gasteiger partial charge on any atom is 0.319 e. The molecule has 2 heterocycles. The summed E-state index contributed by atoms with van der Waals surface area (Å²) < 4.78 is 0. The van der Waals surface area contributed by atoms with E-state index in [2.05, 4.69) is 15.2 Å². The van der Waals surface area contributed by atoms with Crippen LogP contribution in [0.2, 0.25) is 0 Å². The Labute approximate surface area is 84.1 Å². The van der Waals surface area contributed by atoms with Crippen molar-refractivity contribution in [3.8, 4) is 11.1 Å². The Bertz CT molecular complexity index is 494. The molecule has 0 saturated heterocycles. The van der Waals surface area contributed by atoms with Gasteiger partial charge in [-0.25, -0.2) is 4.98 Å². The minimum absolute atomic E-state index is 0.0984. The van der Waals surface area contributed by atoms with E-state index >= 15 is 0 Å². The lowest BCUT2D eigenvalue weighted by molar-refractivity contribution is -0.383. The first-order chi connectivity index (χ1) is 7.20. The molecule has 2 rings (SSSR count). The summed E-state index contributed by atoms with van der Waals surface area (Å²) in [5.74, 6) is -0.0984. The van der Waals surface area contributed by atoms with Gasteiger partial charge in [-0.15, -0.1) is 0 Å².